The van der Waals surface area contributed by atoms with Gasteiger partial charge in [0.1, 0.15) is 5.69 Å². The number of carbonyl (C=O) groups excluding carboxylic acids is 1. The van der Waals surface area contributed by atoms with Crippen LogP contribution in [0.4, 0.5) is 11.4 Å². The highest BCUT2D eigenvalue weighted by Crippen LogP contribution is 2.32. The second-order valence-electron chi connectivity index (χ2n) is 7.46. The van der Waals surface area contributed by atoms with Crippen molar-refractivity contribution in [1.82, 2.24) is 4.98 Å². The van der Waals surface area contributed by atoms with E-state index in [0.717, 1.165) is 40.4 Å². The van der Waals surface area contributed by atoms with Crippen molar-refractivity contribution in [3.8, 4) is 0 Å². The van der Waals surface area contributed by atoms with Gasteiger partial charge in [0.25, 0.3) is 5.91 Å². The number of hydrogen-bond donors (Lipinski definition) is 2. The van der Waals surface area contributed by atoms with Gasteiger partial charge in [-0.05, 0) is 67.6 Å². The lowest BCUT2D eigenvalue weighted by Gasteiger charge is -2.29. The molecule has 0 atom stereocenters. The maximum atomic E-state index is 12.8. The number of hydrogen-bond acceptors (Lipinski definition) is 3. The van der Waals surface area contributed by atoms with E-state index >= 15 is 0 Å². The Bertz CT molecular complexity index is 1200. The predicted molar refractivity (Wildman–Crippen MR) is 113 cm³/mol. The zero-order valence-electron chi connectivity index (χ0n) is 16.2. The lowest BCUT2D eigenvalue weighted by Crippen LogP contribution is -2.34. The van der Waals surface area contributed by atoms with Crippen LogP contribution in [0.3, 0.4) is 0 Å². The van der Waals surface area contributed by atoms with Crippen LogP contribution in [0.1, 0.15) is 33.6 Å². The predicted octanol–water partition coefficient (Wildman–Crippen LogP) is 3.75. The van der Waals surface area contributed by atoms with E-state index in [1.807, 2.05) is 38.1 Å². The van der Waals surface area contributed by atoms with Crippen molar-refractivity contribution >= 4 is 38.2 Å². The molecule has 0 saturated carbocycles. The average Bonchev–Trinajstić information content (AvgIpc) is 3.05. The third-order valence-electron chi connectivity index (χ3n) is 5.15. The average molecular weight is 398 g/mol. The van der Waals surface area contributed by atoms with E-state index < -0.39 is 10.0 Å². The zero-order valence-corrected chi connectivity index (χ0v) is 17.0. The second-order valence-corrected chi connectivity index (χ2v) is 9.37. The first-order valence-corrected chi connectivity index (χ1v) is 11.1. The molecule has 6 nitrogen and oxygen atoms in total. The van der Waals surface area contributed by atoms with Crippen LogP contribution in [0.2, 0.25) is 0 Å². The third-order valence-corrected chi connectivity index (χ3v) is 6.33. The van der Waals surface area contributed by atoms with Crippen LogP contribution in [0, 0.1) is 13.8 Å². The number of H-pyrrole nitrogens is 1. The molecule has 0 unspecified atom stereocenters. The zero-order chi connectivity index (χ0) is 20.1. The van der Waals surface area contributed by atoms with Gasteiger partial charge in [-0.1, -0.05) is 12.1 Å². The molecule has 146 valence electrons. The van der Waals surface area contributed by atoms with Gasteiger partial charge in [0.15, 0.2) is 0 Å². The number of anilines is 2. The lowest BCUT2D eigenvalue weighted by atomic mass is 10.0. The molecule has 1 aromatic heterocycles. The van der Waals surface area contributed by atoms with E-state index in [-0.39, 0.29) is 5.91 Å². The maximum absolute atomic E-state index is 12.8. The summed E-state index contributed by atoms with van der Waals surface area (Å²) in [6, 6.07) is 11.4. The molecule has 2 aromatic carbocycles. The molecule has 0 fully saturated rings. The van der Waals surface area contributed by atoms with E-state index in [2.05, 4.69) is 16.4 Å². The molecule has 2 N–H and O–H groups in total. The number of amides is 1. The summed E-state index contributed by atoms with van der Waals surface area (Å²) in [6.45, 7) is 4.51. The number of fused-ring (bicyclic) bond motifs is 2. The first-order chi connectivity index (χ1) is 13.2. The number of rotatable bonds is 3. The Morgan fingerprint density at radius 2 is 1.93 bits per heavy atom. The monoisotopic (exact) mass is 397 g/mol. The van der Waals surface area contributed by atoms with Gasteiger partial charge < -0.3 is 10.3 Å². The van der Waals surface area contributed by atoms with Gasteiger partial charge in [-0.25, -0.2) is 8.42 Å². The number of aromatic amines is 1. The summed E-state index contributed by atoms with van der Waals surface area (Å²) in [5.41, 5.74) is 5.85. The van der Waals surface area contributed by atoms with Crippen molar-refractivity contribution in [3.05, 3.63) is 58.8 Å². The first-order valence-electron chi connectivity index (χ1n) is 9.24. The molecule has 2 heterocycles. The molecule has 0 bridgehead atoms. The van der Waals surface area contributed by atoms with Gasteiger partial charge in [-0.15, -0.1) is 0 Å². The molecule has 0 radical (unpaired) electrons. The molecular formula is C21H23N3O3S. The SMILES string of the molecule is Cc1cc(C)c2cc(C(=O)Nc3ccc4c(c3)N(S(C)(=O)=O)CCC4)[nH]c2c1. The third kappa shape index (κ3) is 3.38. The van der Waals surface area contributed by atoms with Crippen molar-refractivity contribution in [1.29, 1.82) is 0 Å². The number of aryl methyl sites for hydroxylation is 3. The summed E-state index contributed by atoms with van der Waals surface area (Å²) >= 11 is 0. The van der Waals surface area contributed by atoms with E-state index in [4.69, 9.17) is 0 Å². The highest BCUT2D eigenvalue weighted by Gasteiger charge is 2.24. The normalized spacial score (nSPS) is 14.2. The quantitative estimate of drug-likeness (QED) is 0.706. The van der Waals surface area contributed by atoms with E-state index in [1.165, 1.54) is 10.6 Å². The van der Waals surface area contributed by atoms with Gasteiger partial charge in [0, 0.05) is 23.1 Å². The van der Waals surface area contributed by atoms with Crippen LogP contribution in [-0.4, -0.2) is 32.1 Å². The molecule has 28 heavy (non-hydrogen) atoms. The van der Waals surface area contributed by atoms with Crippen molar-refractivity contribution in [2.24, 2.45) is 0 Å². The first kappa shape index (κ1) is 18.6. The summed E-state index contributed by atoms with van der Waals surface area (Å²) in [4.78, 5) is 15.9. The molecular weight excluding hydrogens is 374 g/mol. The van der Waals surface area contributed by atoms with Crippen LogP contribution in [0.5, 0.6) is 0 Å². The highest BCUT2D eigenvalue weighted by atomic mass is 32.2. The molecule has 0 spiro atoms. The standard InChI is InChI=1S/C21H23N3O3S/c1-13-9-14(2)17-12-19(23-18(17)10-13)21(25)22-16-7-6-15-5-4-8-24(20(15)11-16)28(3,26)27/h6-7,9-12,23H,4-5,8H2,1-3H3,(H,22,25). The minimum atomic E-state index is -3.35. The maximum Gasteiger partial charge on any atom is 0.272 e. The van der Waals surface area contributed by atoms with Crippen LogP contribution in [0.25, 0.3) is 10.9 Å². The molecule has 0 saturated heterocycles. The van der Waals surface area contributed by atoms with Crippen LogP contribution < -0.4 is 9.62 Å². The highest BCUT2D eigenvalue weighted by molar-refractivity contribution is 7.92. The summed E-state index contributed by atoms with van der Waals surface area (Å²) < 4.78 is 25.6. The van der Waals surface area contributed by atoms with Gasteiger partial charge >= 0.3 is 0 Å². The molecule has 4 rings (SSSR count). The Balaban J connectivity index is 1.65. The molecule has 1 aliphatic rings. The van der Waals surface area contributed by atoms with Gasteiger partial charge in [-0.3, -0.25) is 9.10 Å². The van der Waals surface area contributed by atoms with Gasteiger partial charge in [0.2, 0.25) is 10.0 Å². The Labute approximate surface area is 164 Å². The number of nitrogens with zero attached hydrogens (tertiary/aromatic N) is 1. The van der Waals surface area contributed by atoms with Crippen molar-refractivity contribution in [2.45, 2.75) is 26.7 Å². The van der Waals surface area contributed by atoms with E-state index in [0.29, 0.717) is 23.6 Å². The summed E-state index contributed by atoms with van der Waals surface area (Å²) in [5.74, 6) is -0.255. The van der Waals surface area contributed by atoms with Gasteiger partial charge in [-0.2, -0.15) is 0 Å². The smallest absolute Gasteiger partial charge is 0.272 e. The lowest BCUT2D eigenvalue weighted by molar-refractivity contribution is 0.102. The van der Waals surface area contributed by atoms with Crippen molar-refractivity contribution in [2.75, 3.05) is 22.4 Å². The fourth-order valence-electron chi connectivity index (χ4n) is 3.88. The van der Waals surface area contributed by atoms with Crippen molar-refractivity contribution < 1.29 is 13.2 Å². The summed E-state index contributed by atoms with van der Waals surface area (Å²) in [5, 5.41) is 3.90. The van der Waals surface area contributed by atoms with Gasteiger partial charge in [0.05, 0.1) is 11.9 Å². The van der Waals surface area contributed by atoms with E-state index in [9.17, 15) is 13.2 Å². The topological polar surface area (TPSA) is 82.3 Å². The van der Waals surface area contributed by atoms with Crippen LogP contribution in [0.15, 0.2) is 36.4 Å². The molecule has 1 aliphatic heterocycles. The summed E-state index contributed by atoms with van der Waals surface area (Å²) in [6.07, 6.45) is 2.83. The molecule has 3 aromatic rings. The van der Waals surface area contributed by atoms with Crippen LogP contribution in [-0.2, 0) is 16.4 Å². The van der Waals surface area contributed by atoms with Crippen LogP contribution >= 0.6 is 0 Å². The Morgan fingerprint density at radius 1 is 1.14 bits per heavy atom. The molecule has 1 amide bonds. The van der Waals surface area contributed by atoms with E-state index in [1.54, 1.807) is 6.07 Å². The number of carbonyl (C=O) groups is 1. The molecule has 7 heteroatoms. The Morgan fingerprint density at radius 3 is 2.68 bits per heavy atom. The Kier molecular flexibility index (Phi) is 4.42. The number of sulfonamides is 1. The summed E-state index contributed by atoms with van der Waals surface area (Å²) in [7, 11) is -3.35. The number of nitrogens with one attached hydrogen (secondary N) is 2. The second kappa shape index (κ2) is 6.67. The Hall–Kier alpha value is -2.80. The fourth-order valence-corrected chi connectivity index (χ4v) is 4.87. The minimum absolute atomic E-state index is 0.255. The fraction of sp³-hybridized carbons (Fsp3) is 0.286. The molecule has 0 aliphatic carbocycles. The minimum Gasteiger partial charge on any atom is -0.351 e. The largest absolute Gasteiger partial charge is 0.351 e. The van der Waals surface area contributed by atoms with Crippen molar-refractivity contribution in [3.63, 3.8) is 0 Å². The number of aromatic nitrogens is 1. The number of benzene rings is 2.